The fourth-order valence-electron chi connectivity index (χ4n) is 3.43. The molecule has 4 heteroatoms. The Kier molecular flexibility index (Phi) is 3.95. The zero-order valence-corrected chi connectivity index (χ0v) is 12.0. The van der Waals surface area contributed by atoms with Crippen LogP contribution in [-0.2, 0) is 22.4 Å². The molecule has 0 aliphatic heterocycles. The van der Waals surface area contributed by atoms with Gasteiger partial charge in [0.05, 0.1) is 5.92 Å². The number of carbonyl (C=O) groups excluding carboxylic acids is 1. The van der Waals surface area contributed by atoms with E-state index in [1.54, 1.807) is 0 Å². The number of fused-ring (bicyclic) bond motifs is 1. The highest BCUT2D eigenvalue weighted by molar-refractivity contribution is 5.77. The molecule has 4 nitrogen and oxygen atoms in total. The Morgan fingerprint density at radius 1 is 1.19 bits per heavy atom. The second kappa shape index (κ2) is 5.88. The van der Waals surface area contributed by atoms with Gasteiger partial charge in [-0.15, -0.1) is 0 Å². The van der Waals surface area contributed by atoms with Crippen molar-refractivity contribution < 1.29 is 14.7 Å². The van der Waals surface area contributed by atoms with Gasteiger partial charge < -0.3 is 10.4 Å². The van der Waals surface area contributed by atoms with Gasteiger partial charge in [-0.2, -0.15) is 0 Å². The summed E-state index contributed by atoms with van der Waals surface area (Å²) in [4.78, 5) is 22.8. The molecule has 112 valence electrons. The predicted octanol–water partition coefficient (Wildman–Crippen LogP) is 2.16. The lowest BCUT2D eigenvalue weighted by Crippen LogP contribution is -2.47. The van der Waals surface area contributed by atoms with Crippen LogP contribution in [0.25, 0.3) is 0 Å². The second-order valence-corrected chi connectivity index (χ2v) is 6.35. The summed E-state index contributed by atoms with van der Waals surface area (Å²) < 4.78 is 0. The molecule has 0 saturated heterocycles. The maximum absolute atomic E-state index is 12.0. The second-order valence-electron chi connectivity index (χ2n) is 6.35. The van der Waals surface area contributed by atoms with Crippen molar-refractivity contribution >= 4 is 11.9 Å². The van der Waals surface area contributed by atoms with Gasteiger partial charge in [-0.3, -0.25) is 9.59 Å². The fraction of sp³-hybridized carbons (Fsp3) is 0.529. The summed E-state index contributed by atoms with van der Waals surface area (Å²) in [5.41, 5.74) is 2.79. The Hall–Kier alpha value is -1.84. The van der Waals surface area contributed by atoms with Crippen molar-refractivity contribution in [2.75, 3.05) is 0 Å². The standard InChI is InChI=1S/C17H21NO3/c19-16(18-15-9-14(10-15)17(20)21)8-11-5-6-12-3-1-2-4-13(12)7-11/h1-4,11,14-15H,5-10H2,(H,18,19)(H,20,21). The van der Waals surface area contributed by atoms with E-state index in [1.165, 1.54) is 11.1 Å². The van der Waals surface area contributed by atoms with Crippen molar-refractivity contribution in [3.8, 4) is 0 Å². The number of rotatable bonds is 4. The van der Waals surface area contributed by atoms with E-state index in [2.05, 4.69) is 29.6 Å². The van der Waals surface area contributed by atoms with Gasteiger partial charge in [-0.25, -0.2) is 0 Å². The molecule has 1 amide bonds. The smallest absolute Gasteiger partial charge is 0.306 e. The van der Waals surface area contributed by atoms with Crippen LogP contribution in [0.1, 0.15) is 36.8 Å². The van der Waals surface area contributed by atoms with Crippen molar-refractivity contribution in [2.45, 2.75) is 44.6 Å². The lowest BCUT2D eigenvalue weighted by Gasteiger charge is -2.33. The number of amides is 1. The minimum Gasteiger partial charge on any atom is -0.481 e. The monoisotopic (exact) mass is 287 g/mol. The van der Waals surface area contributed by atoms with E-state index in [4.69, 9.17) is 5.11 Å². The topological polar surface area (TPSA) is 66.4 Å². The number of hydrogen-bond donors (Lipinski definition) is 2. The third-order valence-electron chi connectivity index (χ3n) is 4.78. The molecule has 1 aromatic rings. The molecule has 2 aliphatic carbocycles. The van der Waals surface area contributed by atoms with Crippen LogP contribution in [0.2, 0.25) is 0 Å². The molecular weight excluding hydrogens is 266 g/mol. The van der Waals surface area contributed by atoms with E-state index in [1.807, 2.05) is 0 Å². The van der Waals surface area contributed by atoms with Gasteiger partial charge >= 0.3 is 5.97 Å². The molecular formula is C17H21NO3. The Morgan fingerprint density at radius 3 is 2.62 bits per heavy atom. The average molecular weight is 287 g/mol. The first-order chi connectivity index (χ1) is 10.1. The van der Waals surface area contributed by atoms with E-state index in [9.17, 15) is 9.59 Å². The van der Waals surface area contributed by atoms with E-state index >= 15 is 0 Å². The van der Waals surface area contributed by atoms with Crippen LogP contribution in [0, 0.1) is 11.8 Å². The van der Waals surface area contributed by atoms with Crippen LogP contribution in [0.4, 0.5) is 0 Å². The summed E-state index contributed by atoms with van der Waals surface area (Å²) in [5.74, 6) is -0.523. The van der Waals surface area contributed by atoms with Crippen LogP contribution >= 0.6 is 0 Å². The van der Waals surface area contributed by atoms with E-state index in [-0.39, 0.29) is 17.9 Å². The summed E-state index contributed by atoms with van der Waals surface area (Å²) in [5, 5.41) is 11.8. The molecule has 2 aliphatic rings. The number of aryl methyl sites for hydroxylation is 1. The minimum absolute atomic E-state index is 0.0643. The summed E-state index contributed by atoms with van der Waals surface area (Å²) in [6.45, 7) is 0. The molecule has 0 radical (unpaired) electrons. The van der Waals surface area contributed by atoms with E-state index in [0.29, 0.717) is 25.2 Å². The zero-order valence-electron chi connectivity index (χ0n) is 12.0. The molecule has 2 N–H and O–H groups in total. The van der Waals surface area contributed by atoms with Gasteiger partial charge in [-0.1, -0.05) is 24.3 Å². The lowest BCUT2D eigenvalue weighted by atomic mass is 9.79. The van der Waals surface area contributed by atoms with Gasteiger partial charge in [-0.05, 0) is 49.1 Å². The number of carboxylic acids is 1. The molecule has 3 rings (SSSR count). The molecule has 0 spiro atoms. The summed E-state index contributed by atoms with van der Waals surface area (Å²) in [7, 11) is 0. The first kappa shape index (κ1) is 14.1. The molecule has 1 unspecified atom stereocenters. The number of benzene rings is 1. The molecule has 0 heterocycles. The molecule has 1 saturated carbocycles. The van der Waals surface area contributed by atoms with Crippen LogP contribution in [-0.4, -0.2) is 23.0 Å². The van der Waals surface area contributed by atoms with Gasteiger partial charge in [0.25, 0.3) is 0 Å². The molecule has 0 bridgehead atoms. The third-order valence-corrected chi connectivity index (χ3v) is 4.78. The van der Waals surface area contributed by atoms with Gasteiger partial charge in [0.1, 0.15) is 0 Å². The van der Waals surface area contributed by atoms with E-state index < -0.39 is 5.97 Å². The van der Waals surface area contributed by atoms with Gasteiger partial charge in [0, 0.05) is 12.5 Å². The summed E-state index contributed by atoms with van der Waals surface area (Å²) >= 11 is 0. The van der Waals surface area contributed by atoms with Crippen LogP contribution in [0.3, 0.4) is 0 Å². The molecule has 1 fully saturated rings. The highest BCUT2D eigenvalue weighted by Gasteiger charge is 2.35. The Labute approximate surface area is 124 Å². The van der Waals surface area contributed by atoms with Gasteiger partial charge in [0.15, 0.2) is 0 Å². The SMILES string of the molecule is O=C(CC1CCc2ccccc2C1)NC1CC(C(=O)O)C1. The summed E-state index contributed by atoms with van der Waals surface area (Å²) in [6.07, 6.45) is 4.81. The largest absolute Gasteiger partial charge is 0.481 e. The van der Waals surface area contributed by atoms with Crippen LogP contribution in [0.15, 0.2) is 24.3 Å². The number of aliphatic carboxylic acids is 1. The molecule has 1 aromatic carbocycles. The zero-order chi connectivity index (χ0) is 14.8. The van der Waals surface area contributed by atoms with Gasteiger partial charge in [0.2, 0.25) is 5.91 Å². The molecule has 1 atom stereocenters. The number of carboxylic acid groups (broad SMARTS) is 1. The van der Waals surface area contributed by atoms with Crippen molar-refractivity contribution in [1.29, 1.82) is 0 Å². The number of carbonyl (C=O) groups is 2. The quantitative estimate of drug-likeness (QED) is 0.892. The first-order valence-corrected chi connectivity index (χ1v) is 7.70. The van der Waals surface area contributed by atoms with Crippen molar-refractivity contribution in [3.05, 3.63) is 35.4 Å². The first-order valence-electron chi connectivity index (χ1n) is 7.70. The van der Waals surface area contributed by atoms with E-state index in [0.717, 1.165) is 19.3 Å². The third kappa shape index (κ3) is 3.26. The predicted molar refractivity (Wildman–Crippen MR) is 78.9 cm³/mol. The highest BCUT2D eigenvalue weighted by atomic mass is 16.4. The molecule has 0 aromatic heterocycles. The maximum Gasteiger partial charge on any atom is 0.306 e. The normalized spacial score (nSPS) is 27.3. The lowest BCUT2D eigenvalue weighted by molar-refractivity contribution is -0.146. The summed E-state index contributed by atoms with van der Waals surface area (Å²) in [6, 6.07) is 8.52. The van der Waals surface area contributed by atoms with Crippen LogP contribution in [0.5, 0.6) is 0 Å². The maximum atomic E-state index is 12.0. The van der Waals surface area contributed by atoms with Crippen molar-refractivity contribution in [2.24, 2.45) is 11.8 Å². The number of nitrogens with one attached hydrogen (secondary N) is 1. The Morgan fingerprint density at radius 2 is 1.90 bits per heavy atom. The number of hydrogen-bond acceptors (Lipinski definition) is 2. The van der Waals surface area contributed by atoms with Crippen molar-refractivity contribution in [3.63, 3.8) is 0 Å². The molecule has 21 heavy (non-hydrogen) atoms. The van der Waals surface area contributed by atoms with Crippen LogP contribution < -0.4 is 5.32 Å². The minimum atomic E-state index is -0.746. The Balaban J connectivity index is 1.45. The fourth-order valence-corrected chi connectivity index (χ4v) is 3.43. The average Bonchev–Trinajstić information content (AvgIpc) is 2.42. The highest BCUT2D eigenvalue weighted by Crippen LogP contribution is 2.29. The Bertz CT molecular complexity index is 549. The van der Waals surface area contributed by atoms with Crippen molar-refractivity contribution in [1.82, 2.24) is 5.32 Å².